The third-order valence-electron chi connectivity index (χ3n) is 3.57. The Balaban J connectivity index is 2.03. The van der Waals surface area contributed by atoms with Gasteiger partial charge in [0.2, 0.25) is 0 Å². The molecule has 2 N–H and O–H groups in total. The van der Waals surface area contributed by atoms with Gasteiger partial charge < -0.3 is 5.11 Å². The molecule has 1 aliphatic heterocycles. The summed E-state index contributed by atoms with van der Waals surface area (Å²) >= 11 is 6.37. The van der Waals surface area contributed by atoms with E-state index in [1.54, 1.807) is 11.2 Å². The first kappa shape index (κ1) is 13.9. The molecular weight excluding hydrogens is 286 g/mol. The minimum atomic E-state index is -0.00777. The van der Waals surface area contributed by atoms with Gasteiger partial charge in [-0.3, -0.25) is 5.43 Å². The molecule has 0 saturated carbocycles. The normalized spacial score (nSPS) is 14.1. The van der Waals surface area contributed by atoms with E-state index in [9.17, 15) is 5.11 Å². The minimum Gasteiger partial charge on any atom is -0.506 e. The largest absolute Gasteiger partial charge is 0.506 e. The fraction of sp³-hybridized carbons (Fsp3) is 0.250. The van der Waals surface area contributed by atoms with Crippen LogP contribution in [0, 0.1) is 0 Å². The van der Waals surface area contributed by atoms with Crippen LogP contribution in [0.1, 0.15) is 26.3 Å². The molecule has 0 bridgehead atoms. The average Bonchev–Trinajstić information content (AvgIpc) is 2.76. The van der Waals surface area contributed by atoms with Crippen molar-refractivity contribution < 1.29 is 5.11 Å². The second-order valence-corrected chi connectivity index (χ2v) is 6.47. The van der Waals surface area contributed by atoms with Gasteiger partial charge in [-0.2, -0.15) is 9.65 Å². The summed E-state index contributed by atoms with van der Waals surface area (Å²) in [5.41, 5.74) is 6.67. The van der Waals surface area contributed by atoms with Crippen LogP contribution in [-0.4, -0.2) is 5.11 Å². The van der Waals surface area contributed by atoms with E-state index < -0.39 is 0 Å². The molecule has 0 saturated heterocycles. The van der Waals surface area contributed by atoms with E-state index >= 15 is 0 Å². The van der Waals surface area contributed by atoms with Gasteiger partial charge >= 0.3 is 0 Å². The summed E-state index contributed by atoms with van der Waals surface area (Å²) in [5.74, 6) is 0.175. The number of hydrogen-bond donors (Lipinski definition) is 2. The molecular formula is C16H18ClN3O. The van der Waals surface area contributed by atoms with Crippen LogP contribution in [0.25, 0.3) is 0 Å². The Labute approximate surface area is 129 Å². The first-order valence-electron chi connectivity index (χ1n) is 6.83. The van der Waals surface area contributed by atoms with Crippen molar-refractivity contribution in [3.8, 4) is 5.75 Å². The SMILES string of the molecule is CC(C)(C)c1ccc(O)c(N2Nc3ccccc3N2Cl)c1. The number of para-hydroxylation sites is 2. The second-order valence-electron chi connectivity index (χ2n) is 6.15. The smallest absolute Gasteiger partial charge is 0.142 e. The maximum atomic E-state index is 10.2. The fourth-order valence-corrected chi connectivity index (χ4v) is 2.58. The molecule has 0 atom stereocenters. The molecule has 1 heterocycles. The van der Waals surface area contributed by atoms with Crippen molar-refractivity contribution in [3.05, 3.63) is 48.0 Å². The Hall–Kier alpha value is -2.07. The molecule has 110 valence electrons. The lowest BCUT2D eigenvalue weighted by Gasteiger charge is -2.27. The van der Waals surface area contributed by atoms with Crippen LogP contribution < -0.4 is 15.1 Å². The van der Waals surface area contributed by atoms with Gasteiger partial charge in [0.25, 0.3) is 0 Å². The van der Waals surface area contributed by atoms with Crippen LogP contribution in [0.3, 0.4) is 0 Å². The highest BCUT2D eigenvalue weighted by Crippen LogP contribution is 2.41. The highest BCUT2D eigenvalue weighted by molar-refractivity contribution is 6.28. The molecule has 0 unspecified atom stereocenters. The average molecular weight is 304 g/mol. The van der Waals surface area contributed by atoms with Gasteiger partial charge in [0.1, 0.15) is 17.1 Å². The molecule has 21 heavy (non-hydrogen) atoms. The van der Waals surface area contributed by atoms with Crippen molar-refractivity contribution in [3.63, 3.8) is 0 Å². The van der Waals surface area contributed by atoms with E-state index in [1.807, 2.05) is 36.4 Å². The van der Waals surface area contributed by atoms with Gasteiger partial charge in [0, 0.05) is 11.8 Å². The van der Waals surface area contributed by atoms with E-state index in [2.05, 4.69) is 26.2 Å². The molecule has 0 fully saturated rings. The number of fused-ring (bicyclic) bond motifs is 1. The van der Waals surface area contributed by atoms with Crippen LogP contribution in [0.2, 0.25) is 0 Å². The summed E-state index contributed by atoms with van der Waals surface area (Å²) in [4.78, 5) is 0. The summed E-state index contributed by atoms with van der Waals surface area (Å²) < 4.78 is 1.47. The molecule has 0 amide bonds. The van der Waals surface area contributed by atoms with E-state index in [4.69, 9.17) is 11.8 Å². The number of nitrogens with zero attached hydrogens (tertiary/aromatic N) is 2. The van der Waals surface area contributed by atoms with Crippen molar-refractivity contribution in [2.45, 2.75) is 26.2 Å². The zero-order valence-corrected chi connectivity index (χ0v) is 13.0. The van der Waals surface area contributed by atoms with Gasteiger partial charge in [-0.15, -0.1) is 0 Å². The van der Waals surface area contributed by atoms with Gasteiger partial charge in [-0.05, 0) is 35.2 Å². The summed E-state index contributed by atoms with van der Waals surface area (Å²) in [6, 6.07) is 13.3. The maximum Gasteiger partial charge on any atom is 0.142 e. The maximum absolute atomic E-state index is 10.2. The predicted molar refractivity (Wildman–Crippen MR) is 87.7 cm³/mol. The number of aromatic hydroxyl groups is 1. The zero-order chi connectivity index (χ0) is 15.2. The Morgan fingerprint density at radius 1 is 1.05 bits per heavy atom. The third-order valence-corrected chi connectivity index (χ3v) is 3.91. The highest BCUT2D eigenvalue weighted by atomic mass is 35.5. The number of halogens is 1. The minimum absolute atomic E-state index is 0.00777. The molecule has 0 aliphatic carbocycles. The number of anilines is 3. The van der Waals surface area contributed by atoms with Gasteiger partial charge in [-0.1, -0.05) is 39.0 Å². The predicted octanol–water partition coefficient (Wildman–Crippen LogP) is 4.41. The quantitative estimate of drug-likeness (QED) is 0.765. The molecule has 1 aliphatic rings. The van der Waals surface area contributed by atoms with E-state index in [0.29, 0.717) is 5.69 Å². The molecule has 0 radical (unpaired) electrons. The molecule has 4 nitrogen and oxygen atoms in total. The van der Waals surface area contributed by atoms with Crippen LogP contribution in [0.4, 0.5) is 17.1 Å². The molecule has 3 rings (SSSR count). The Morgan fingerprint density at radius 3 is 2.43 bits per heavy atom. The third kappa shape index (κ3) is 2.36. The molecule has 5 heteroatoms. The lowest BCUT2D eigenvalue weighted by molar-refractivity contribution is 0.474. The number of phenols is 1. The highest BCUT2D eigenvalue weighted by Gasteiger charge is 2.28. The second kappa shape index (κ2) is 4.74. The van der Waals surface area contributed by atoms with Crippen molar-refractivity contribution in [2.75, 3.05) is 15.1 Å². The fourth-order valence-electron chi connectivity index (χ4n) is 2.31. The number of hydrogen-bond acceptors (Lipinski definition) is 4. The van der Waals surface area contributed by atoms with Gasteiger partial charge in [-0.25, -0.2) is 0 Å². The van der Waals surface area contributed by atoms with E-state index in [0.717, 1.165) is 16.9 Å². The van der Waals surface area contributed by atoms with E-state index in [1.165, 1.54) is 4.53 Å². The lowest BCUT2D eigenvalue weighted by atomic mass is 9.87. The summed E-state index contributed by atoms with van der Waals surface area (Å²) in [6.07, 6.45) is 0. The molecule has 2 aromatic carbocycles. The lowest BCUT2D eigenvalue weighted by Crippen LogP contribution is -2.35. The van der Waals surface area contributed by atoms with Crippen molar-refractivity contribution in [2.24, 2.45) is 0 Å². The molecule has 0 spiro atoms. The number of hydrazine groups is 2. The molecule has 2 aromatic rings. The molecule has 0 aromatic heterocycles. The van der Waals surface area contributed by atoms with Gasteiger partial charge in [0.15, 0.2) is 0 Å². The van der Waals surface area contributed by atoms with E-state index in [-0.39, 0.29) is 11.2 Å². The van der Waals surface area contributed by atoms with Crippen molar-refractivity contribution >= 4 is 28.8 Å². The first-order chi connectivity index (χ1) is 9.88. The zero-order valence-electron chi connectivity index (χ0n) is 12.3. The number of nitrogens with one attached hydrogen (secondary N) is 1. The topological polar surface area (TPSA) is 38.7 Å². The Kier molecular flexibility index (Phi) is 3.14. The van der Waals surface area contributed by atoms with Crippen LogP contribution >= 0.6 is 11.8 Å². The van der Waals surface area contributed by atoms with Crippen LogP contribution in [-0.2, 0) is 5.41 Å². The number of rotatable bonds is 1. The number of benzene rings is 2. The Morgan fingerprint density at radius 2 is 1.76 bits per heavy atom. The first-order valence-corrected chi connectivity index (χ1v) is 7.17. The Bertz CT molecular complexity index is 681. The summed E-state index contributed by atoms with van der Waals surface area (Å²) in [5, 5.41) is 11.8. The van der Waals surface area contributed by atoms with Crippen molar-refractivity contribution in [1.29, 1.82) is 0 Å². The van der Waals surface area contributed by atoms with Gasteiger partial charge in [0.05, 0.1) is 5.69 Å². The monoisotopic (exact) mass is 303 g/mol. The van der Waals surface area contributed by atoms with Crippen LogP contribution in [0.15, 0.2) is 42.5 Å². The summed E-state index contributed by atoms with van der Waals surface area (Å²) in [7, 11) is 0. The van der Waals surface area contributed by atoms with Crippen molar-refractivity contribution in [1.82, 2.24) is 0 Å². The summed E-state index contributed by atoms with van der Waals surface area (Å²) in [6.45, 7) is 6.40. The standard InChI is InChI=1S/C16H18ClN3O/c1-16(2,3)11-8-9-15(21)14(10-11)20-18-12-6-4-5-7-13(12)19(20)17/h4-10,18,21H,1-3H3. The van der Waals surface area contributed by atoms with Crippen LogP contribution in [0.5, 0.6) is 5.75 Å². The number of phenolic OH excluding ortho intramolecular Hbond substituents is 1.